The van der Waals surface area contributed by atoms with Crippen molar-refractivity contribution < 1.29 is 5.11 Å². The van der Waals surface area contributed by atoms with Gasteiger partial charge in [0.1, 0.15) is 0 Å². The van der Waals surface area contributed by atoms with E-state index in [2.05, 4.69) is 18.8 Å². The third-order valence-electron chi connectivity index (χ3n) is 2.35. The van der Waals surface area contributed by atoms with Crippen LogP contribution in [0.15, 0.2) is 12.3 Å². The van der Waals surface area contributed by atoms with Gasteiger partial charge in [-0.05, 0) is 37.0 Å². The van der Waals surface area contributed by atoms with Crippen molar-refractivity contribution in [2.75, 3.05) is 0 Å². The minimum Gasteiger partial charge on any atom is -0.387 e. The van der Waals surface area contributed by atoms with Crippen LogP contribution >= 0.6 is 0 Å². The number of aromatic nitrogens is 1. The quantitative estimate of drug-likeness (QED) is 0.772. The molecular formula is C11H17NO. The molecule has 0 saturated heterocycles. The molecular weight excluding hydrogens is 162 g/mol. The van der Waals surface area contributed by atoms with Crippen molar-refractivity contribution in [1.29, 1.82) is 0 Å². The maximum atomic E-state index is 9.55. The van der Waals surface area contributed by atoms with Gasteiger partial charge in [-0.25, -0.2) is 0 Å². The minimum atomic E-state index is -0.412. The Hall–Kier alpha value is -0.890. The highest BCUT2D eigenvalue weighted by molar-refractivity contribution is 5.26. The highest BCUT2D eigenvalue weighted by Crippen LogP contribution is 2.16. The van der Waals surface area contributed by atoms with Gasteiger partial charge in [0.15, 0.2) is 0 Å². The molecule has 0 unspecified atom stereocenters. The second kappa shape index (κ2) is 4.38. The second-order valence-corrected chi connectivity index (χ2v) is 3.31. The lowest BCUT2D eigenvalue weighted by atomic mass is 10.1. The van der Waals surface area contributed by atoms with E-state index in [1.165, 1.54) is 11.1 Å². The topological polar surface area (TPSA) is 33.1 Å². The average molecular weight is 179 g/mol. The van der Waals surface area contributed by atoms with E-state index < -0.39 is 6.10 Å². The Labute approximate surface area is 79.6 Å². The van der Waals surface area contributed by atoms with Gasteiger partial charge >= 0.3 is 0 Å². The number of aryl methyl sites for hydroxylation is 2. The van der Waals surface area contributed by atoms with Crippen molar-refractivity contribution >= 4 is 0 Å². The summed E-state index contributed by atoms with van der Waals surface area (Å²) in [5.74, 6) is 0. The van der Waals surface area contributed by atoms with Crippen LogP contribution in [-0.4, -0.2) is 10.1 Å². The second-order valence-electron chi connectivity index (χ2n) is 3.31. The summed E-state index contributed by atoms with van der Waals surface area (Å²) in [6.45, 7) is 6.13. The number of pyridine rings is 1. The molecule has 0 spiro atoms. The van der Waals surface area contributed by atoms with Crippen LogP contribution < -0.4 is 0 Å². The lowest BCUT2D eigenvalue weighted by Crippen LogP contribution is -2.00. The van der Waals surface area contributed by atoms with E-state index >= 15 is 0 Å². The molecule has 0 aliphatic rings. The highest BCUT2D eigenvalue weighted by atomic mass is 16.3. The Morgan fingerprint density at radius 2 is 2.15 bits per heavy atom. The van der Waals surface area contributed by atoms with E-state index in [-0.39, 0.29) is 0 Å². The molecule has 0 aromatic carbocycles. The number of hydrogen-bond acceptors (Lipinski definition) is 2. The Morgan fingerprint density at radius 1 is 1.46 bits per heavy atom. The van der Waals surface area contributed by atoms with Gasteiger partial charge in [-0.3, -0.25) is 4.98 Å². The van der Waals surface area contributed by atoms with Crippen molar-refractivity contribution in [3.05, 3.63) is 29.1 Å². The predicted octanol–water partition coefficient (Wildman–Crippen LogP) is 2.40. The summed E-state index contributed by atoms with van der Waals surface area (Å²) in [7, 11) is 0. The van der Waals surface area contributed by atoms with Crippen LogP contribution in [0.2, 0.25) is 0 Å². The minimum absolute atomic E-state index is 0.412. The largest absolute Gasteiger partial charge is 0.387 e. The highest BCUT2D eigenvalue weighted by Gasteiger charge is 2.07. The van der Waals surface area contributed by atoms with Crippen LogP contribution in [-0.2, 0) is 6.42 Å². The van der Waals surface area contributed by atoms with Gasteiger partial charge in [0.05, 0.1) is 11.8 Å². The van der Waals surface area contributed by atoms with E-state index in [0.717, 1.165) is 18.5 Å². The van der Waals surface area contributed by atoms with Crippen molar-refractivity contribution in [3.63, 3.8) is 0 Å². The summed E-state index contributed by atoms with van der Waals surface area (Å²) in [4.78, 5) is 4.23. The molecule has 2 heteroatoms. The molecule has 2 nitrogen and oxygen atoms in total. The van der Waals surface area contributed by atoms with Crippen LogP contribution in [0.25, 0.3) is 0 Å². The maximum absolute atomic E-state index is 9.55. The van der Waals surface area contributed by atoms with Gasteiger partial charge in [0, 0.05) is 6.20 Å². The summed E-state index contributed by atoms with van der Waals surface area (Å²) >= 11 is 0. The van der Waals surface area contributed by atoms with E-state index in [4.69, 9.17) is 0 Å². The summed E-state index contributed by atoms with van der Waals surface area (Å²) in [5, 5.41) is 9.55. The maximum Gasteiger partial charge on any atom is 0.0957 e. The number of aliphatic hydroxyl groups is 1. The van der Waals surface area contributed by atoms with Crippen LogP contribution in [0.1, 0.15) is 43.2 Å². The van der Waals surface area contributed by atoms with E-state index in [1.54, 1.807) is 0 Å². The molecule has 0 amide bonds. The van der Waals surface area contributed by atoms with E-state index in [0.29, 0.717) is 0 Å². The first kappa shape index (κ1) is 10.2. The van der Waals surface area contributed by atoms with E-state index in [9.17, 15) is 5.11 Å². The fraction of sp³-hybridized carbons (Fsp3) is 0.545. The van der Waals surface area contributed by atoms with Crippen LogP contribution in [0.3, 0.4) is 0 Å². The first-order chi connectivity index (χ1) is 6.19. The molecule has 72 valence electrons. The molecule has 0 bridgehead atoms. The molecule has 0 aliphatic heterocycles. The van der Waals surface area contributed by atoms with Crippen LogP contribution in [0, 0.1) is 6.92 Å². The normalized spacial score (nSPS) is 12.9. The van der Waals surface area contributed by atoms with Crippen LogP contribution in [0.5, 0.6) is 0 Å². The smallest absolute Gasteiger partial charge is 0.0957 e. The molecule has 13 heavy (non-hydrogen) atoms. The lowest BCUT2D eigenvalue weighted by Gasteiger charge is -2.09. The zero-order chi connectivity index (χ0) is 9.84. The number of nitrogens with zero attached hydrogens (tertiary/aromatic N) is 1. The molecule has 1 aromatic rings. The molecule has 1 rings (SSSR count). The summed E-state index contributed by atoms with van der Waals surface area (Å²) in [6, 6.07) is 1.98. The van der Waals surface area contributed by atoms with Crippen molar-refractivity contribution in [1.82, 2.24) is 4.98 Å². The molecule has 1 atom stereocenters. The summed E-state index contributed by atoms with van der Waals surface area (Å²) in [6.07, 6.45) is 3.17. The van der Waals surface area contributed by atoms with Gasteiger partial charge in [-0.1, -0.05) is 13.8 Å². The zero-order valence-electron chi connectivity index (χ0n) is 8.54. The van der Waals surface area contributed by atoms with Gasteiger partial charge < -0.3 is 5.11 Å². The van der Waals surface area contributed by atoms with Crippen LogP contribution in [0.4, 0.5) is 0 Å². The molecule has 1 aromatic heterocycles. The third-order valence-corrected chi connectivity index (χ3v) is 2.35. The van der Waals surface area contributed by atoms with Crippen molar-refractivity contribution in [2.45, 2.75) is 39.7 Å². The average Bonchev–Trinajstić information content (AvgIpc) is 2.16. The van der Waals surface area contributed by atoms with Crippen molar-refractivity contribution in [2.24, 2.45) is 0 Å². The lowest BCUT2D eigenvalue weighted by molar-refractivity contribution is 0.169. The zero-order valence-corrected chi connectivity index (χ0v) is 8.54. The van der Waals surface area contributed by atoms with Crippen molar-refractivity contribution in [3.8, 4) is 0 Å². The number of rotatable bonds is 3. The first-order valence-corrected chi connectivity index (χ1v) is 4.82. The Morgan fingerprint density at radius 3 is 2.62 bits per heavy atom. The molecule has 1 heterocycles. The molecule has 0 saturated carbocycles. The van der Waals surface area contributed by atoms with Gasteiger partial charge in [-0.2, -0.15) is 0 Å². The molecule has 0 fully saturated rings. The third kappa shape index (κ3) is 2.28. The van der Waals surface area contributed by atoms with Gasteiger partial charge in [-0.15, -0.1) is 0 Å². The first-order valence-electron chi connectivity index (χ1n) is 4.82. The Bertz CT molecular complexity index is 283. The molecule has 1 N–H and O–H groups in total. The standard InChI is InChI=1S/C11H17NO/c1-4-9-7-12-10(6-8(9)3)11(13)5-2/h6-7,11,13H,4-5H2,1-3H3/t11-/m0/s1. The number of aliphatic hydroxyl groups excluding tert-OH is 1. The summed E-state index contributed by atoms with van der Waals surface area (Å²) in [5.41, 5.74) is 3.27. The summed E-state index contributed by atoms with van der Waals surface area (Å²) < 4.78 is 0. The molecule has 0 aliphatic carbocycles. The van der Waals surface area contributed by atoms with Gasteiger partial charge in [0.25, 0.3) is 0 Å². The Kier molecular flexibility index (Phi) is 3.43. The van der Waals surface area contributed by atoms with Gasteiger partial charge in [0.2, 0.25) is 0 Å². The predicted molar refractivity (Wildman–Crippen MR) is 53.6 cm³/mol. The SMILES string of the molecule is CCc1cnc([C@@H](O)CC)cc1C. The van der Waals surface area contributed by atoms with E-state index in [1.807, 2.05) is 19.2 Å². The fourth-order valence-corrected chi connectivity index (χ4v) is 1.37. The Balaban J connectivity index is 2.95. The number of hydrogen-bond donors (Lipinski definition) is 1. The monoisotopic (exact) mass is 179 g/mol. The molecule has 0 radical (unpaired) electrons. The fourth-order valence-electron chi connectivity index (χ4n) is 1.37.